The van der Waals surface area contributed by atoms with Gasteiger partial charge in [0, 0.05) is 13.5 Å². The lowest BCUT2D eigenvalue weighted by Gasteiger charge is -2.36. The highest BCUT2D eigenvalue weighted by atomic mass is 16.6. The minimum absolute atomic E-state index is 0.0419. The molecule has 0 aromatic carbocycles. The van der Waals surface area contributed by atoms with E-state index in [1.54, 1.807) is 7.11 Å². The largest absolute Gasteiger partial charge is 0.457 e. The van der Waals surface area contributed by atoms with E-state index in [4.69, 9.17) is 9.47 Å². The van der Waals surface area contributed by atoms with Gasteiger partial charge in [0.05, 0.1) is 6.10 Å². The number of hydrogen-bond acceptors (Lipinski definition) is 3. The summed E-state index contributed by atoms with van der Waals surface area (Å²) < 4.78 is 10.3. The normalized spacial score (nSPS) is 29.7. The molecule has 3 heteroatoms. The van der Waals surface area contributed by atoms with Gasteiger partial charge in [-0.2, -0.15) is 0 Å². The van der Waals surface area contributed by atoms with Crippen molar-refractivity contribution < 1.29 is 14.3 Å². The number of ether oxygens (including phenoxy) is 2. The number of hydrogen-bond donors (Lipinski definition) is 0. The minimum Gasteiger partial charge on any atom is -0.457 e. The van der Waals surface area contributed by atoms with Crippen molar-refractivity contribution in [2.45, 2.75) is 38.4 Å². The number of carbonyl (C=O) groups is 1. The predicted octanol–water partition coefficient (Wildman–Crippen LogP) is 1.12. The Labute approximate surface area is 66.7 Å². The van der Waals surface area contributed by atoms with E-state index in [1.807, 2.05) is 13.8 Å². The standard InChI is InChI=1S/C8H14O3/c1-8(2)6(10-3)4-5-7(9)11-8/h6H,4-5H2,1-3H3/t6-/m1/s1. The van der Waals surface area contributed by atoms with Crippen LogP contribution < -0.4 is 0 Å². The highest BCUT2D eigenvalue weighted by molar-refractivity contribution is 5.70. The van der Waals surface area contributed by atoms with Crippen LogP contribution in [0.3, 0.4) is 0 Å². The number of esters is 1. The Balaban J connectivity index is 2.63. The van der Waals surface area contributed by atoms with Crippen LogP contribution in [-0.2, 0) is 14.3 Å². The minimum atomic E-state index is -0.454. The summed E-state index contributed by atoms with van der Waals surface area (Å²) in [7, 11) is 1.64. The van der Waals surface area contributed by atoms with Crippen molar-refractivity contribution >= 4 is 5.97 Å². The van der Waals surface area contributed by atoms with Gasteiger partial charge in [0.1, 0.15) is 5.60 Å². The summed E-state index contributed by atoms with van der Waals surface area (Å²) in [4.78, 5) is 10.9. The van der Waals surface area contributed by atoms with Gasteiger partial charge in [-0.3, -0.25) is 4.79 Å². The molecule has 3 nitrogen and oxygen atoms in total. The van der Waals surface area contributed by atoms with Crippen LogP contribution in [0.1, 0.15) is 26.7 Å². The van der Waals surface area contributed by atoms with E-state index in [0.29, 0.717) is 6.42 Å². The van der Waals surface area contributed by atoms with Crippen molar-refractivity contribution in [1.29, 1.82) is 0 Å². The molecule has 1 saturated heterocycles. The zero-order valence-corrected chi connectivity index (χ0v) is 7.22. The van der Waals surface area contributed by atoms with Crippen LogP contribution in [0.15, 0.2) is 0 Å². The second kappa shape index (κ2) is 2.81. The predicted molar refractivity (Wildman–Crippen MR) is 40.2 cm³/mol. The zero-order valence-electron chi connectivity index (χ0n) is 7.22. The van der Waals surface area contributed by atoms with Crippen molar-refractivity contribution in [3.05, 3.63) is 0 Å². The van der Waals surface area contributed by atoms with E-state index in [9.17, 15) is 4.79 Å². The first-order valence-electron chi connectivity index (χ1n) is 3.81. The molecule has 0 radical (unpaired) electrons. The number of rotatable bonds is 1. The molecule has 0 aliphatic carbocycles. The molecular weight excluding hydrogens is 144 g/mol. The third kappa shape index (κ3) is 1.71. The van der Waals surface area contributed by atoms with Crippen molar-refractivity contribution in [1.82, 2.24) is 0 Å². The van der Waals surface area contributed by atoms with Gasteiger partial charge in [-0.15, -0.1) is 0 Å². The van der Waals surface area contributed by atoms with Crippen LogP contribution in [0.5, 0.6) is 0 Å². The van der Waals surface area contributed by atoms with Gasteiger partial charge in [0.15, 0.2) is 0 Å². The molecule has 1 fully saturated rings. The summed E-state index contributed by atoms with van der Waals surface area (Å²) in [5.74, 6) is -0.122. The van der Waals surface area contributed by atoms with Gasteiger partial charge in [0.2, 0.25) is 0 Å². The fourth-order valence-corrected chi connectivity index (χ4v) is 1.41. The molecule has 0 aromatic rings. The van der Waals surface area contributed by atoms with E-state index in [-0.39, 0.29) is 12.1 Å². The fraction of sp³-hybridized carbons (Fsp3) is 0.875. The molecule has 0 spiro atoms. The Morgan fingerprint density at radius 3 is 2.73 bits per heavy atom. The maximum Gasteiger partial charge on any atom is 0.306 e. The molecular formula is C8H14O3. The van der Waals surface area contributed by atoms with E-state index < -0.39 is 5.60 Å². The first-order valence-corrected chi connectivity index (χ1v) is 3.81. The Kier molecular flexibility index (Phi) is 2.18. The molecule has 0 unspecified atom stereocenters. The van der Waals surface area contributed by atoms with Crippen LogP contribution in [0.2, 0.25) is 0 Å². The second-order valence-corrected chi connectivity index (χ2v) is 3.34. The SMILES string of the molecule is CO[C@@H]1CCC(=O)OC1(C)C. The summed E-state index contributed by atoms with van der Waals surface area (Å²) >= 11 is 0. The molecule has 1 heterocycles. The van der Waals surface area contributed by atoms with Crippen LogP contribution in [0.25, 0.3) is 0 Å². The lowest BCUT2D eigenvalue weighted by Crippen LogP contribution is -2.46. The number of methoxy groups -OCH3 is 1. The summed E-state index contributed by atoms with van der Waals surface area (Å²) in [5, 5.41) is 0. The lowest BCUT2D eigenvalue weighted by atomic mass is 9.94. The average molecular weight is 158 g/mol. The van der Waals surface area contributed by atoms with E-state index in [1.165, 1.54) is 0 Å². The Morgan fingerprint density at radius 2 is 2.27 bits per heavy atom. The monoisotopic (exact) mass is 158 g/mol. The van der Waals surface area contributed by atoms with Gasteiger partial charge in [-0.25, -0.2) is 0 Å². The molecule has 0 bridgehead atoms. The molecule has 1 aliphatic rings. The molecule has 0 saturated carbocycles. The van der Waals surface area contributed by atoms with E-state index >= 15 is 0 Å². The van der Waals surface area contributed by atoms with Crippen LogP contribution in [-0.4, -0.2) is 24.8 Å². The first-order chi connectivity index (χ1) is 5.06. The van der Waals surface area contributed by atoms with Gasteiger partial charge >= 0.3 is 5.97 Å². The second-order valence-electron chi connectivity index (χ2n) is 3.34. The summed E-state index contributed by atoms with van der Waals surface area (Å²) in [6, 6.07) is 0. The smallest absolute Gasteiger partial charge is 0.306 e. The van der Waals surface area contributed by atoms with Crippen molar-refractivity contribution in [3.8, 4) is 0 Å². The molecule has 0 N–H and O–H groups in total. The zero-order chi connectivity index (χ0) is 8.48. The molecule has 11 heavy (non-hydrogen) atoms. The van der Waals surface area contributed by atoms with Crippen LogP contribution >= 0.6 is 0 Å². The molecule has 1 atom stereocenters. The third-order valence-electron chi connectivity index (χ3n) is 2.05. The highest BCUT2D eigenvalue weighted by Gasteiger charge is 2.37. The quantitative estimate of drug-likeness (QED) is 0.536. The summed E-state index contributed by atoms with van der Waals surface area (Å²) in [6.07, 6.45) is 1.28. The molecule has 1 aliphatic heterocycles. The molecule has 0 aromatic heterocycles. The summed E-state index contributed by atoms with van der Waals surface area (Å²) in [5.41, 5.74) is -0.454. The van der Waals surface area contributed by atoms with Crippen molar-refractivity contribution in [2.75, 3.05) is 7.11 Å². The summed E-state index contributed by atoms with van der Waals surface area (Å²) in [6.45, 7) is 3.75. The molecule has 64 valence electrons. The van der Waals surface area contributed by atoms with Gasteiger partial charge < -0.3 is 9.47 Å². The Morgan fingerprint density at radius 1 is 1.64 bits per heavy atom. The van der Waals surface area contributed by atoms with Crippen molar-refractivity contribution in [3.63, 3.8) is 0 Å². The van der Waals surface area contributed by atoms with Gasteiger partial charge in [-0.1, -0.05) is 0 Å². The highest BCUT2D eigenvalue weighted by Crippen LogP contribution is 2.26. The molecule has 0 amide bonds. The number of cyclic esters (lactones) is 1. The fourth-order valence-electron chi connectivity index (χ4n) is 1.41. The maximum absolute atomic E-state index is 10.9. The van der Waals surface area contributed by atoms with Crippen molar-refractivity contribution in [2.24, 2.45) is 0 Å². The lowest BCUT2D eigenvalue weighted by molar-refractivity contribution is -0.182. The first kappa shape index (κ1) is 8.53. The van der Waals surface area contributed by atoms with E-state index in [0.717, 1.165) is 6.42 Å². The van der Waals surface area contributed by atoms with E-state index in [2.05, 4.69) is 0 Å². The van der Waals surface area contributed by atoms with Crippen LogP contribution in [0.4, 0.5) is 0 Å². The Hall–Kier alpha value is -0.570. The number of carbonyl (C=O) groups excluding carboxylic acids is 1. The van der Waals surface area contributed by atoms with Gasteiger partial charge in [0.25, 0.3) is 0 Å². The third-order valence-corrected chi connectivity index (χ3v) is 2.05. The average Bonchev–Trinajstić information content (AvgIpc) is 1.85. The van der Waals surface area contributed by atoms with Crippen LogP contribution in [0, 0.1) is 0 Å². The topological polar surface area (TPSA) is 35.5 Å². The van der Waals surface area contributed by atoms with Gasteiger partial charge in [-0.05, 0) is 20.3 Å². The Bertz CT molecular complexity index is 163. The maximum atomic E-state index is 10.9. The molecule has 1 rings (SSSR count).